The third-order valence-corrected chi connectivity index (χ3v) is 3.38. The standard InChI is InChI=1S/C15H15ClN4O2/c1-22-15(21)14(18)10-6-13(17)20-8-12(10)19-7-9-4-2-3-5-11(9)16/h2-6,8,18-19H,7H2,1H3,(H2,17,20). The quantitative estimate of drug-likeness (QED) is 0.580. The van der Waals surface area contributed by atoms with E-state index in [-0.39, 0.29) is 11.5 Å². The highest BCUT2D eigenvalue weighted by Gasteiger charge is 2.17. The van der Waals surface area contributed by atoms with Crippen LogP contribution in [-0.2, 0) is 16.1 Å². The predicted molar refractivity (Wildman–Crippen MR) is 86.3 cm³/mol. The fourth-order valence-electron chi connectivity index (χ4n) is 1.86. The molecule has 22 heavy (non-hydrogen) atoms. The summed E-state index contributed by atoms with van der Waals surface area (Å²) in [6.45, 7) is 0.423. The van der Waals surface area contributed by atoms with Gasteiger partial charge in [-0.1, -0.05) is 29.8 Å². The molecule has 2 aromatic rings. The lowest BCUT2D eigenvalue weighted by atomic mass is 10.1. The van der Waals surface area contributed by atoms with E-state index in [9.17, 15) is 4.79 Å². The molecule has 0 bridgehead atoms. The van der Waals surface area contributed by atoms with Crippen molar-refractivity contribution in [2.75, 3.05) is 18.2 Å². The first-order chi connectivity index (χ1) is 10.5. The second-order valence-corrected chi connectivity index (χ2v) is 4.87. The summed E-state index contributed by atoms with van der Waals surface area (Å²) >= 11 is 6.10. The van der Waals surface area contributed by atoms with Crippen molar-refractivity contribution >= 4 is 34.8 Å². The number of esters is 1. The summed E-state index contributed by atoms with van der Waals surface area (Å²) in [4.78, 5) is 15.5. The lowest BCUT2D eigenvalue weighted by Crippen LogP contribution is -2.18. The molecule has 0 fully saturated rings. The van der Waals surface area contributed by atoms with Gasteiger partial charge in [0.25, 0.3) is 0 Å². The van der Waals surface area contributed by atoms with Crippen LogP contribution in [-0.4, -0.2) is 23.8 Å². The van der Waals surface area contributed by atoms with Crippen molar-refractivity contribution in [2.24, 2.45) is 0 Å². The monoisotopic (exact) mass is 318 g/mol. The van der Waals surface area contributed by atoms with E-state index in [1.54, 1.807) is 6.07 Å². The van der Waals surface area contributed by atoms with Crippen LogP contribution in [0.5, 0.6) is 0 Å². The molecule has 114 valence electrons. The van der Waals surface area contributed by atoms with Crippen LogP contribution in [0.2, 0.25) is 5.02 Å². The Morgan fingerprint density at radius 1 is 1.45 bits per heavy atom. The second-order valence-electron chi connectivity index (χ2n) is 4.47. The van der Waals surface area contributed by atoms with E-state index in [1.807, 2.05) is 18.2 Å². The molecule has 0 spiro atoms. The number of methoxy groups -OCH3 is 1. The average molecular weight is 319 g/mol. The van der Waals surface area contributed by atoms with E-state index in [0.717, 1.165) is 5.56 Å². The van der Waals surface area contributed by atoms with Crippen LogP contribution in [0.25, 0.3) is 0 Å². The minimum absolute atomic E-state index is 0.215. The van der Waals surface area contributed by atoms with Crippen LogP contribution in [0.1, 0.15) is 11.1 Å². The van der Waals surface area contributed by atoms with E-state index in [0.29, 0.717) is 22.8 Å². The van der Waals surface area contributed by atoms with Crippen LogP contribution in [0.15, 0.2) is 36.5 Å². The first-order valence-corrected chi connectivity index (χ1v) is 6.80. The minimum atomic E-state index is -0.744. The number of aromatic nitrogens is 1. The molecule has 6 nitrogen and oxygen atoms in total. The maximum Gasteiger partial charge on any atom is 0.356 e. The highest BCUT2D eigenvalue weighted by atomic mass is 35.5. The predicted octanol–water partition coefficient (Wildman–Crippen LogP) is 2.47. The van der Waals surface area contributed by atoms with Gasteiger partial charge in [-0.3, -0.25) is 5.41 Å². The van der Waals surface area contributed by atoms with Gasteiger partial charge < -0.3 is 15.8 Å². The number of benzene rings is 1. The van der Waals surface area contributed by atoms with Gasteiger partial charge in [0.1, 0.15) is 11.5 Å². The van der Waals surface area contributed by atoms with Gasteiger partial charge in [0.2, 0.25) is 0 Å². The largest absolute Gasteiger partial charge is 0.464 e. The van der Waals surface area contributed by atoms with Crippen LogP contribution < -0.4 is 11.1 Å². The molecule has 0 atom stereocenters. The molecule has 0 saturated carbocycles. The number of rotatable bonds is 5. The molecule has 0 amide bonds. The molecule has 1 heterocycles. The van der Waals surface area contributed by atoms with E-state index < -0.39 is 5.97 Å². The van der Waals surface area contributed by atoms with Gasteiger partial charge in [-0.25, -0.2) is 9.78 Å². The number of ether oxygens (including phenoxy) is 1. The van der Waals surface area contributed by atoms with Crippen LogP contribution >= 0.6 is 11.6 Å². The Morgan fingerprint density at radius 3 is 2.86 bits per heavy atom. The van der Waals surface area contributed by atoms with Crippen molar-refractivity contribution in [1.82, 2.24) is 4.98 Å². The topological polar surface area (TPSA) is 101 Å². The molecule has 2 rings (SSSR count). The van der Waals surface area contributed by atoms with Crippen molar-refractivity contribution < 1.29 is 9.53 Å². The number of nitrogens with zero attached hydrogens (tertiary/aromatic N) is 1. The van der Waals surface area contributed by atoms with E-state index >= 15 is 0 Å². The number of carbonyl (C=O) groups excluding carboxylic acids is 1. The van der Waals surface area contributed by atoms with Gasteiger partial charge in [-0.05, 0) is 17.7 Å². The smallest absolute Gasteiger partial charge is 0.356 e. The zero-order valence-electron chi connectivity index (χ0n) is 11.9. The van der Waals surface area contributed by atoms with Crippen LogP contribution in [0.3, 0.4) is 0 Å². The maximum atomic E-state index is 11.5. The third-order valence-electron chi connectivity index (χ3n) is 3.01. The van der Waals surface area contributed by atoms with Crippen molar-refractivity contribution in [2.45, 2.75) is 6.54 Å². The van der Waals surface area contributed by atoms with Gasteiger partial charge in [0.15, 0.2) is 0 Å². The first-order valence-electron chi connectivity index (χ1n) is 6.43. The number of hydrogen-bond acceptors (Lipinski definition) is 6. The summed E-state index contributed by atoms with van der Waals surface area (Å²) in [6, 6.07) is 8.84. The number of pyridine rings is 1. The van der Waals surface area contributed by atoms with Gasteiger partial charge in [0.05, 0.1) is 19.0 Å². The summed E-state index contributed by atoms with van der Waals surface area (Å²) in [6.07, 6.45) is 1.47. The molecule has 1 aromatic carbocycles. The normalized spacial score (nSPS) is 10.1. The maximum absolute atomic E-state index is 11.5. The number of hydrogen-bond donors (Lipinski definition) is 3. The van der Waals surface area contributed by atoms with E-state index in [1.165, 1.54) is 19.4 Å². The fourth-order valence-corrected chi connectivity index (χ4v) is 2.07. The summed E-state index contributed by atoms with van der Waals surface area (Å²) in [5.74, 6) is -0.529. The Bertz CT molecular complexity index is 718. The molecule has 0 aliphatic heterocycles. The van der Waals surface area contributed by atoms with Crippen LogP contribution in [0.4, 0.5) is 11.5 Å². The lowest BCUT2D eigenvalue weighted by molar-refractivity contribution is -0.132. The van der Waals surface area contributed by atoms with Crippen molar-refractivity contribution in [3.05, 3.63) is 52.7 Å². The molecule has 0 saturated heterocycles. The molecule has 0 aliphatic carbocycles. The van der Waals surface area contributed by atoms with Crippen molar-refractivity contribution in [1.29, 1.82) is 5.41 Å². The Hall–Kier alpha value is -2.60. The van der Waals surface area contributed by atoms with Gasteiger partial charge >= 0.3 is 5.97 Å². The third kappa shape index (κ3) is 3.53. The Balaban J connectivity index is 2.26. The molecule has 7 heteroatoms. The van der Waals surface area contributed by atoms with Gasteiger partial charge in [0, 0.05) is 17.1 Å². The molecular formula is C15H15ClN4O2. The van der Waals surface area contributed by atoms with Crippen LogP contribution in [0, 0.1) is 5.41 Å². The molecule has 0 unspecified atom stereocenters. The summed E-state index contributed by atoms with van der Waals surface area (Å²) in [7, 11) is 1.22. The zero-order chi connectivity index (χ0) is 16.1. The lowest BCUT2D eigenvalue weighted by Gasteiger charge is -2.13. The van der Waals surface area contributed by atoms with Gasteiger partial charge in [-0.2, -0.15) is 0 Å². The molecule has 4 N–H and O–H groups in total. The average Bonchev–Trinajstić information content (AvgIpc) is 2.53. The number of nitrogen functional groups attached to an aromatic ring is 1. The summed E-state index contributed by atoms with van der Waals surface area (Å²) in [5, 5.41) is 11.6. The highest BCUT2D eigenvalue weighted by molar-refractivity contribution is 6.43. The molecule has 1 aromatic heterocycles. The number of carbonyl (C=O) groups is 1. The summed E-state index contributed by atoms with van der Waals surface area (Å²) in [5.41, 5.74) is 7.05. The van der Waals surface area contributed by atoms with Gasteiger partial charge in [-0.15, -0.1) is 0 Å². The van der Waals surface area contributed by atoms with E-state index in [2.05, 4.69) is 15.0 Å². The zero-order valence-corrected chi connectivity index (χ0v) is 12.6. The highest BCUT2D eigenvalue weighted by Crippen LogP contribution is 2.21. The van der Waals surface area contributed by atoms with Crippen molar-refractivity contribution in [3.8, 4) is 0 Å². The van der Waals surface area contributed by atoms with E-state index in [4.69, 9.17) is 22.7 Å². The molecule has 0 radical (unpaired) electrons. The number of halogens is 1. The number of anilines is 2. The van der Waals surface area contributed by atoms with Crippen molar-refractivity contribution in [3.63, 3.8) is 0 Å². The SMILES string of the molecule is COC(=O)C(=N)c1cc(N)ncc1NCc1ccccc1Cl. The minimum Gasteiger partial charge on any atom is -0.464 e. The first kappa shape index (κ1) is 15.8. The molecular weight excluding hydrogens is 304 g/mol. The molecule has 0 aliphatic rings. The Kier molecular flexibility index (Phi) is 4.95. The number of nitrogens with two attached hydrogens (primary N) is 1. The summed E-state index contributed by atoms with van der Waals surface area (Å²) < 4.78 is 4.57. The fraction of sp³-hybridized carbons (Fsp3) is 0.133. The number of nitrogens with one attached hydrogen (secondary N) is 2. The Morgan fingerprint density at radius 2 is 2.18 bits per heavy atom. The second kappa shape index (κ2) is 6.91. The Labute approximate surface area is 132 Å².